The average molecular weight is 208 g/mol. The number of aldehydes is 1. The smallest absolute Gasteiger partial charge is 0.335 e. The Morgan fingerprint density at radius 3 is 2.67 bits per heavy atom. The Morgan fingerprint density at radius 1 is 1.53 bits per heavy atom. The fourth-order valence-electron chi connectivity index (χ4n) is 1.26. The van der Waals surface area contributed by atoms with Gasteiger partial charge in [-0.25, -0.2) is 4.79 Å². The van der Waals surface area contributed by atoms with E-state index in [-0.39, 0.29) is 17.2 Å². The largest absolute Gasteiger partial charge is 0.508 e. The van der Waals surface area contributed by atoms with E-state index in [9.17, 15) is 14.7 Å². The average Bonchev–Trinajstić information content (AvgIpc) is 2.20. The maximum absolute atomic E-state index is 10.6. The fourth-order valence-corrected chi connectivity index (χ4v) is 1.26. The highest BCUT2D eigenvalue weighted by atomic mass is 16.4. The van der Waals surface area contributed by atoms with Gasteiger partial charge in [0, 0.05) is 5.92 Å². The van der Waals surface area contributed by atoms with E-state index >= 15 is 0 Å². The van der Waals surface area contributed by atoms with Gasteiger partial charge in [-0.2, -0.15) is 0 Å². The molecule has 80 valence electrons. The number of hydrogen-bond donors (Lipinski definition) is 2. The molecule has 1 rings (SSSR count). The molecule has 0 aliphatic carbocycles. The van der Waals surface area contributed by atoms with Crippen LogP contribution in [-0.4, -0.2) is 22.5 Å². The number of rotatable bonds is 4. The van der Waals surface area contributed by atoms with Crippen LogP contribution in [-0.2, 0) is 11.2 Å². The number of phenolic OH excluding ortho intramolecular Hbond substituents is 1. The molecule has 0 fully saturated rings. The van der Waals surface area contributed by atoms with E-state index in [2.05, 4.69) is 0 Å². The standard InChI is InChI=1S/C11H12O4/c1-7(6-12)4-8-2-3-9(11(14)15)5-10(8)13/h2-3,5-7,13H,4H2,1H3,(H,14,15). The monoisotopic (exact) mass is 208 g/mol. The number of aromatic hydroxyl groups is 1. The van der Waals surface area contributed by atoms with Crippen molar-refractivity contribution in [3.8, 4) is 5.75 Å². The second-order valence-corrected chi connectivity index (χ2v) is 3.47. The maximum atomic E-state index is 10.6. The lowest BCUT2D eigenvalue weighted by Gasteiger charge is -2.07. The Bertz CT molecular complexity index is 384. The summed E-state index contributed by atoms with van der Waals surface area (Å²) in [6.07, 6.45) is 1.21. The highest BCUT2D eigenvalue weighted by Crippen LogP contribution is 2.21. The molecule has 0 amide bonds. The van der Waals surface area contributed by atoms with Crippen LogP contribution < -0.4 is 0 Å². The molecule has 1 unspecified atom stereocenters. The maximum Gasteiger partial charge on any atom is 0.335 e. The third kappa shape index (κ3) is 2.80. The first kappa shape index (κ1) is 11.2. The van der Waals surface area contributed by atoms with Gasteiger partial charge < -0.3 is 15.0 Å². The van der Waals surface area contributed by atoms with E-state index in [0.29, 0.717) is 12.0 Å². The minimum absolute atomic E-state index is 0.0370. The molecule has 0 bridgehead atoms. The lowest BCUT2D eigenvalue weighted by molar-refractivity contribution is -0.110. The first-order valence-corrected chi connectivity index (χ1v) is 4.55. The summed E-state index contributed by atoms with van der Waals surface area (Å²) in [6, 6.07) is 4.13. The van der Waals surface area contributed by atoms with Crippen LogP contribution in [0.15, 0.2) is 18.2 Å². The van der Waals surface area contributed by atoms with Gasteiger partial charge in [0.15, 0.2) is 0 Å². The quantitative estimate of drug-likeness (QED) is 0.735. The molecule has 0 spiro atoms. The Balaban J connectivity index is 2.93. The number of benzene rings is 1. The predicted octanol–water partition coefficient (Wildman–Crippen LogP) is 1.47. The van der Waals surface area contributed by atoms with E-state index in [1.54, 1.807) is 6.92 Å². The highest BCUT2D eigenvalue weighted by Gasteiger charge is 2.09. The van der Waals surface area contributed by atoms with Crippen LogP contribution in [0.3, 0.4) is 0 Å². The lowest BCUT2D eigenvalue weighted by atomic mass is 10.0. The van der Waals surface area contributed by atoms with Crippen LogP contribution in [0, 0.1) is 5.92 Å². The number of phenols is 1. The third-order valence-corrected chi connectivity index (χ3v) is 2.11. The molecular weight excluding hydrogens is 196 g/mol. The molecule has 0 saturated carbocycles. The Morgan fingerprint density at radius 2 is 2.20 bits per heavy atom. The normalized spacial score (nSPS) is 12.1. The molecule has 2 N–H and O–H groups in total. The number of aromatic carboxylic acids is 1. The van der Waals surface area contributed by atoms with Gasteiger partial charge in [-0.05, 0) is 24.1 Å². The van der Waals surface area contributed by atoms with Crippen LogP contribution >= 0.6 is 0 Å². The molecule has 15 heavy (non-hydrogen) atoms. The molecule has 0 aromatic heterocycles. The number of carboxylic acid groups (broad SMARTS) is 1. The first-order chi connectivity index (χ1) is 7.04. The van der Waals surface area contributed by atoms with Crippen molar-refractivity contribution in [3.05, 3.63) is 29.3 Å². The minimum atomic E-state index is -1.08. The second kappa shape index (κ2) is 4.59. The zero-order valence-corrected chi connectivity index (χ0v) is 8.30. The van der Waals surface area contributed by atoms with Crippen molar-refractivity contribution in [1.82, 2.24) is 0 Å². The Labute approximate surface area is 87.2 Å². The molecule has 1 atom stereocenters. The van der Waals surface area contributed by atoms with Crippen molar-refractivity contribution in [3.63, 3.8) is 0 Å². The highest BCUT2D eigenvalue weighted by molar-refractivity contribution is 5.88. The molecule has 4 nitrogen and oxygen atoms in total. The molecule has 0 radical (unpaired) electrons. The van der Waals surface area contributed by atoms with Crippen molar-refractivity contribution >= 4 is 12.3 Å². The van der Waals surface area contributed by atoms with Gasteiger partial charge in [0.05, 0.1) is 5.56 Å². The zero-order valence-electron chi connectivity index (χ0n) is 8.30. The van der Waals surface area contributed by atoms with Crippen molar-refractivity contribution in [2.24, 2.45) is 5.92 Å². The van der Waals surface area contributed by atoms with E-state index in [0.717, 1.165) is 6.29 Å². The molecule has 4 heteroatoms. The third-order valence-electron chi connectivity index (χ3n) is 2.11. The van der Waals surface area contributed by atoms with Crippen molar-refractivity contribution in [1.29, 1.82) is 0 Å². The Hall–Kier alpha value is -1.84. The summed E-state index contributed by atoms with van der Waals surface area (Å²) in [7, 11) is 0. The van der Waals surface area contributed by atoms with Crippen molar-refractivity contribution < 1.29 is 19.8 Å². The molecule has 0 saturated heterocycles. The SMILES string of the molecule is CC(C=O)Cc1ccc(C(=O)O)cc1O. The van der Waals surface area contributed by atoms with Gasteiger partial charge in [0.25, 0.3) is 0 Å². The van der Waals surface area contributed by atoms with Gasteiger partial charge in [0.2, 0.25) is 0 Å². The van der Waals surface area contributed by atoms with Crippen molar-refractivity contribution in [2.75, 3.05) is 0 Å². The summed E-state index contributed by atoms with van der Waals surface area (Å²) in [5.41, 5.74) is 0.620. The summed E-state index contributed by atoms with van der Waals surface area (Å²) >= 11 is 0. The summed E-state index contributed by atoms with van der Waals surface area (Å²) in [5, 5.41) is 18.2. The van der Waals surface area contributed by atoms with Gasteiger partial charge >= 0.3 is 5.97 Å². The van der Waals surface area contributed by atoms with Crippen LogP contribution in [0.4, 0.5) is 0 Å². The van der Waals surface area contributed by atoms with E-state index in [1.165, 1.54) is 18.2 Å². The molecule has 0 aliphatic heterocycles. The minimum Gasteiger partial charge on any atom is -0.508 e. The molecule has 0 aliphatic rings. The molecular formula is C11H12O4. The molecule has 1 aromatic carbocycles. The van der Waals surface area contributed by atoms with Gasteiger partial charge in [-0.15, -0.1) is 0 Å². The number of carbonyl (C=O) groups is 2. The summed E-state index contributed by atoms with van der Waals surface area (Å²) < 4.78 is 0. The van der Waals surface area contributed by atoms with Crippen LogP contribution in [0.25, 0.3) is 0 Å². The van der Waals surface area contributed by atoms with Gasteiger partial charge in [-0.1, -0.05) is 13.0 Å². The van der Waals surface area contributed by atoms with Crippen LogP contribution in [0.5, 0.6) is 5.75 Å². The van der Waals surface area contributed by atoms with Gasteiger partial charge in [0.1, 0.15) is 12.0 Å². The predicted molar refractivity (Wildman–Crippen MR) is 54.0 cm³/mol. The zero-order chi connectivity index (χ0) is 11.4. The first-order valence-electron chi connectivity index (χ1n) is 4.55. The Kier molecular flexibility index (Phi) is 3.44. The van der Waals surface area contributed by atoms with E-state index < -0.39 is 5.97 Å². The topological polar surface area (TPSA) is 74.6 Å². The number of carboxylic acids is 1. The van der Waals surface area contributed by atoms with E-state index in [4.69, 9.17) is 5.11 Å². The van der Waals surface area contributed by atoms with Crippen LogP contribution in [0.2, 0.25) is 0 Å². The summed E-state index contributed by atoms with van der Waals surface area (Å²) in [5.74, 6) is -1.35. The second-order valence-electron chi connectivity index (χ2n) is 3.47. The molecule has 0 heterocycles. The summed E-state index contributed by atoms with van der Waals surface area (Å²) in [6.45, 7) is 1.73. The number of hydrogen-bond acceptors (Lipinski definition) is 3. The van der Waals surface area contributed by atoms with E-state index in [1.807, 2.05) is 0 Å². The van der Waals surface area contributed by atoms with Gasteiger partial charge in [-0.3, -0.25) is 0 Å². The lowest BCUT2D eigenvalue weighted by Crippen LogP contribution is -2.02. The fraction of sp³-hybridized carbons (Fsp3) is 0.273. The molecule has 1 aromatic rings. The number of carbonyl (C=O) groups excluding carboxylic acids is 1. The van der Waals surface area contributed by atoms with Crippen LogP contribution in [0.1, 0.15) is 22.8 Å². The summed E-state index contributed by atoms with van der Waals surface area (Å²) in [4.78, 5) is 21.0. The van der Waals surface area contributed by atoms with Crippen molar-refractivity contribution in [2.45, 2.75) is 13.3 Å².